The zero-order valence-electron chi connectivity index (χ0n) is 15.6. The molecule has 7 heteroatoms. The highest BCUT2D eigenvalue weighted by Crippen LogP contribution is 2.55. The standard InChI is InChI=1S/C20H24N4O2S/c1-19(2)6-12(19)18(26)24-9-20(10-24)8-23(7-13(20)17(21)25)15-5-3-4-14-16(15)27-11-22-14/h3-5,11-13H,6-10H2,1-2H3,(H2,21,25)/t12-,13+/m1/s1. The number of carbonyl (C=O) groups excluding carboxylic acids is 2. The molecule has 3 heterocycles. The predicted molar refractivity (Wildman–Crippen MR) is 105 cm³/mol. The Bertz CT molecular complexity index is 946. The Morgan fingerprint density at radius 1 is 1.22 bits per heavy atom. The zero-order chi connectivity index (χ0) is 19.0. The molecule has 2 atom stereocenters. The van der Waals surface area contributed by atoms with Crippen LogP contribution in [0.15, 0.2) is 23.7 Å². The lowest BCUT2D eigenvalue weighted by atomic mass is 9.71. The Morgan fingerprint density at radius 2 is 1.96 bits per heavy atom. The summed E-state index contributed by atoms with van der Waals surface area (Å²) in [5.41, 5.74) is 9.64. The number of carbonyl (C=O) groups is 2. The van der Waals surface area contributed by atoms with Crippen molar-refractivity contribution in [1.29, 1.82) is 0 Å². The Hall–Kier alpha value is -2.15. The largest absolute Gasteiger partial charge is 0.369 e. The van der Waals surface area contributed by atoms with E-state index < -0.39 is 0 Å². The highest BCUT2D eigenvalue weighted by Gasteiger charge is 2.61. The number of hydrogen-bond acceptors (Lipinski definition) is 5. The molecule has 5 rings (SSSR count). The van der Waals surface area contributed by atoms with Crippen LogP contribution in [-0.2, 0) is 9.59 Å². The third-order valence-corrected chi connectivity index (χ3v) is 7.67. The Balaban J connectivity index is 1.38. The minimum atomic E-state index is -0.257. The molecule has 1 aliphatic carbocycles. The van der Waals surface area contributed by atoms with Crippen molar-refractivity contribution in [2.24, 2.45) is 28.4 Å². The van der Waals surface area contributed by atoms with E-state index in [-0.39, 0.29) is 34.5 Å². The van der Waals surface area contributed by atoms with Crippen molar-refractivity contribution in [2.45, 2.75) is 20.3 Å². The SMILES string of the molecule is CC1(C)C[C@@H]1C(=O)N1CC2(C1)CN(c1cccc3ncsc13)C[C@H]2C(N)=O. The lowest BCUT2D eigenvalue weighted by molar-refractivity contribution is -0.150. The van der Waals surface area contributed by atoms with Gasteiger partial charge >= 0.3 is 0 Å². The van der Waals surface area contributed by atoms with Crippen molar-refractivity contribution >= 4 is 39.1 Å². The number of rotatable bonds is 3. The highest BCUT2D eigenvalue weighted by molar-refractivity contribution is 7.17. The molecule has 2 aromatic rings. The van der Waals surface area contributed by atoms with Crippen LogP contribution in [0.1, 0.15) is 20.3 Å². The molecule has 1 saturated carbocycles. The van der Waals surface area contributed by atoms with Gasteiger partial charge in [0.1, 0.15) is 0 Å². The summed E-state index contributed by atoms with van der Waals surface area (Å²) >= 11 is 1.62. The third-order valence-electron chi connectivity index (χ3n) is 6.80. The van der Waals surface area contributed by atoms with Gasteiger partial charge in [0, 0.05) is 37.5 Å². The lowest BCUT2D eigenvalue weighted by Gasteiger charge is -2.50. The molecule has 6 nitrogen and oxygen atoms in total. The molecular weight excluding hydrogens is 360 g/mol. The molecular formula is C20H24N4O2S. The Kier molecular flexibility index (Phi) is 3.42. The average molecular weight is 385 g/mol. The van der Waals surface area contributed by atoms with Crippen molar-refractivity contribution in [3.8, 4) is 0 Å². The quantitative estimate of drug-likeness (QED) is 0.879. The van der Waals surface area contributed by atoms with E-state index in [2.05, 4.69) is 29.8 Å². The van der Waals surface area contributed by atoms with Crippen molar-refractivity contribution in [3.63, 3.8) is 0 Å². The van der Waals surface area contributed by atoms with Crippen molar-refractivity contribution < 1.29 is 9.59 Å². The average Bonchev–Trinajstić information content (AvgIpc) is 2.98. The van der Waals surface area contributed by atoms with Gasteiger partial charge in [-0.3, -0.25) is 9.59 Å². The van der Waals surface area contributed by atoms with E-state index in [4.69, 9.17) is 5.73 Å². The molecule has 1 spiro atoms. The maximum Gasteiger partial charge on any atom is 0.226 e. The highest BCUT2D eigenvalue weighted by atomic mass is 32.1. The number of fused-ring (bicyclic) bond motifs is 1. The van der Waals surface area contributed by atoms with Crippen LogP contribution in [0.3, 0.4) is 0 Å². The molecule has 0 unspecified atom stereocenters. The minimum Gasteiger partial charge on any atom is -0.369 e. The summed E-state index contributed by atoms with van der Waals surface area (Å²) in [6.45, 7) is 6.94. The Labute approximate surface area is 162 Å². The summed E-state index contributed by atoms with van der Waals surface area (Å²) in [5.74, 6) is -0.0908. The van der Waals surface area contributed by atoms with Crippen molar-refractivity contribution in [3.05, 3.63) is 23.7 Å². The summed E-state index contributed by atoms with van der Waals surface area (Å²) in [7, 11) is 0. The molecule has 27 heavy (non-hydrogen) atoms. The first-order chi connectivity index (χ1) is 12.8. The van der Waals surface area contributed by atoms with Gasteiger partial charge in [-0.2, -0.15) is 0 Å². The molecule has 1 aromatic heterocycles. The van der Waals surface area contributed by atoms with Gasteiger partial charge in [0.2, 0.25) is 11.8 Å². The fraction of sp³-hybridized carbons (Fsp3) is 0.550. The molecule has 2 saturated heterocycles. The monoisotopic (exact) mass is 384 g/mol. The summed E-state index contributed by atoms with van der Waals surface area (Å²) in [6.07, 6.45) is 0.966. The normalized spacial score (nSPS) is 27.8. The van der Waals surface area contributed by atoms with E-state index in [0.29, 0.717) is 19.6 Å². The van der Waals surface area contributed by atoms with E-state index >= 15 is 0 Å². The van der Waals surface area contributed by atoms with E-state index in [9.17, 15) is 9.59 Å². The number of primary amides is 1. The topological polar surface area (TPSA) is 79.5 Å². The molecule has 0 bridgehead atoms. The summed E-state index contributed by atoms with van der Waals surface area (Å²) in [4.78, 5) is 33.5. The van der Waals surface area contributed by atoms with Gasteiger partial charge in [-0.1, -0.05) is 19.9 Å². The first-order valence-corrected chi connectivity index (χ1v) is 10.3. The predicted octanol–water partition coefficient (Wildman–Crippen LogP) is 2.09. The van der Waals surface area contributed by atoms with Gasteiger partial charge in [0.05, 0.1) is 27.3 Å². The number of likely N-dealkylation sites (tertiary alicyclic amines) is 1. The van der Waals surface area contributed by atoms with Gasteiger partial charge in [0.25, 0.3) is 0 Å². The molecule has 3 fully saturated rings. The second kappa shape index (κ2) is 5.44. The number of anilines is 1. The number of amides is 2. The minimum absolute atomic E-state index is 0.131. The van der Waals surface area contributed by atoms with Gasteiger partial charge in [-0.15, -0.1) is 11.3 Å². The van der Waals surface area contributed by atoms with Crippen LogP contribution in [0.2, 0.25) is 0 Å². The maximum absolute atomic E-state index is 12.7. The first kappa shape index (κ1) is 17.0. The van der Waals surface area contributed by atoms with Crippen LogP contribution < -0.4 is 10.6 Å². The molecule has 1 aromatic carbocycles. The smallest absolute Gasteiger partial charge is 0.226 e. The zero-order valence-corrected chi connectivity index (χ0v) is 16.5. The fourth-order valence-electron chi connectivity index (χ4n) is 4.96. The van der Waals surface area contributed by atoms with E-state index in [1.54, 1.807) is 11.3 Å². The number of benzene rings is 1. The van der Waals surface area contributed by atoms with Crippen LogP contribution in [0.5, 0.6) is 0 Å². The second-order valence-electron chi connectivity index (χ2n) is 9.12. The molecule has 2 amide bonds. The van der Waals surface area contributed by atoms with Crippen molar-refractivity contribution in [1.82, 2.24) is 9.88 Å². The number of thiazole rings is 1. The van der Waals surface area contributed by atoms with Crippen LogP contribution in [0, 0.1) is 22.7 Å². The number of hydrogen-bond donors (Lipinski definition) is 1. The number of aromatic nitrogens is 1. The van der Waals surface area contributed by atoms with Gasteiger partial charge in [-0.05, 0) is 24.0 Å². The molecule has 2 N–H and O–H groups in total. The summed E-state index contributed by atoms with van der Waals surface area (Å²) in [6, 6.07) is 6.10. The summed E-state index contributed by atoms with van der Waals surface area (Å²) < 4.78 is 1.14. The molecule has 3 aliphatic rings. The van der Waals surface area contributed by atoms with Crippen LogP contribution >= 0.6 is 11.3 Å². The van der Waals surface area contributed by atoms with Gasteiger partial charge in [-0.25, -0.2) is 4.98 Å². The van der Waals surface area contributed by atoms with Crippen molar-refractivity contribution in [2.75, 3.05) is 31.1 Å². The van der Waals surface area contributed by atoms with E-state index in [1.165, 1.54) is 0 Å². The molecule has 2 aliphatic heterocycles. The van der Waals surface area contributed by atoms with Crippen LogP contribution in [0.4, 0.5) is 5.69 Å². The second-order valence-corrected chi connectivity index (χ2v) is 9.97. The van der Waals surface area contributed by atoms with Gasteiger partial charge in [0.15, 0.2) is 0 Å². The fourth-order valence-corrected chi connectivity index (χ4v) is 5.79. The number of nitrogens with zero attached hydrogens (tertiary/aromatic N) is 3. The number of nitrogens with two attached hydrogens (primary N) is 1. The lowest BCUT2D eigenvalue weighted by Crippen LogP contribution is -2.64. The van der Waals surface area contributed by atoms with E-state index in [1.807, 2.05) is 22.5 Å². The van der Waals surface area contributed by atoms with E-state index in [0.717, 1.165) is 28.9 Å². The van der Waals surface area contributed by atoms with Crippen LogP contribution in [0.25, 0.3) is 10.2 Å². The summed E-state index contributed by atoms with van der Waals surface area (Å²) in [5, 5.41) is 0. The van der Waals surface area contributed by atoms with Gasteiger partial charge < -0.3 is 15.5 Å². The molecule has 0 radical (unpaired) electrons. The maximum atomic E-state index is 12.7. The van der Waals surface area contributed by atoms with Crippen LogP contribution in [-0.4, -0.2) is 47.9 Å². The third kappa shape index (κ3) is 2.47. The first-order valence-electron chi connectivity index (χ1n) is 9.46. The molecule has 142 valence electrons. The Morgan fingerprint density at radius 3 is 2.63 bits per heavy atom.